The Morgan fingerprint density at radius 3 is 2.52 bits per heavy atom. The van der Waals surface area contributed by atoms with Crippen LogP contribution in [0.3, 0.4) is 0 Å². The van der Waals surface area contributed by atoms with Gasteiger partial charge in [-0.05, 0) is 42.7 Å². The van der Waals surface area contributed by atoms with Crippen molar-refractivity contribution in [2.24, 2.45) is 0 Å². The molecule has 0 saturated carbocycles. The quantitative estimate of drug-likeness (QED) is 0.651. The number of nitro groups is 1. The number of nitro benzene ring substituents is 1. The minimum atomic E-state index is -3.96. The molecule has 0 aliphatic carbocycles. The lowest BCUT2D eigenvalue weighted by Gasteiger charge is -2.09. The van der Waals surface area contributed by atoms with Crippen LogP contribution >= 0.6 is 0 Å². The average molecular weight is 309 g/mol. The van der Waals surface area contributed by atoms with Crippen LogP contribution in [-0.2, 0) is 16.6 Å². The molecule has 2 aromatic rings. The number of hydrogen-bond donors (Lipinski definition) is 2. The number of H-pyrrole nitrogens is 1. The lowest BCUT2D eigenvalue weighted by Crippen LogP contribution is -2.24. The molecule has 112 valence electrons. The highest BCUT2D eigenvalue weighted by molar-refractivity contribution is 7.89. The van der Waals surface area contributed by atoms with Gasteiger partial charge in [0.15, 0.2) is 4.90 Å². The topological polar surface area (TPSA) is 105 Å². The zero-order valence-electron chi connectivity index (χ0n) is 11.6. The van der Waals surface area contributed by atoms with E-state index < -0.39 is 20.6 Å². The number of rotatable bonds is 5. The van der Waals surface area contributed by atoms with E-state index in [-0.39, 0.29) is 11.4 Å². The summed E-state index contributed by atoms with van der Waals surface area (Å²) in [6, 6.07) is 4.32. The van der Waals surface area contributed by atoms with Gasteiger partial charge < -0.3 is 4.98 Å². The average Bonchev–Trinajstić information content (AvgIpc) is 2.92. The van der Waals surface area contributed by atoms with Crippen molar-refractivity contribution in [1.29, 1.82) is 0 Å². The Balaban J connectivity index is 2.39. The third-order valence-electron chi connectivity index (χ3n) is 3.19. The largest absolute Gasteiger partial charge is 0.367 e. The van der Waals surface area contributed by atoms with E-state index in [9.17, 15) is 18.5 Å². The van der Waals surface area contributed by atoms with Crippen molar-refractivity contribution in [3.63, 3.8) is 0 Å². The molecule has 0 unspecified atom stereocenters. The smallest absolute Gasteiger partial charge is 0.289 e. The second kappa shape index (κ2) is 5.66. The zero-order valence-corrected chi connectivity index (χ0v) is 12.4. The Morgan fingerprint density at radius 2 is 1.95 bits per heavy atom. The molecule has 8 heteroatoms. The van der Waals surface area contributed by atoms with Gasteiger partial charge in [-0.25, -0.2) is 13.1 Å². The summed E-state index contributed by atoms with van der Waals surface area (Å²) in [6.07, 6.45) is 3.32. The van der Waals surface area contributed by atoms with Crippen LogP contribution < -0.4 is 4.72 Å². The number of aromatic nitrogens is 1. The summed E-state index contributed by atoms with van der Waals surface area (Å²) >= 11 is 0. The molecule has 0 atom stereocenters. The normalized spacial score (nSPS) is 11.5. The minimum absolute atomic E-state index is 0.0654. The van der Waals surface area contributed by atoms with Gasteiger partial charge in [-0.3, -0.25) is 10.1 Å². The maximum atomic E-state index is 12.3. The predicted octanol–water partition coefficient (Wildman–Crippen LogP) is 2.02. The molecule has 1 aromatic heterocycles. The fraction of sp³-hybridized carbons (Fsp3) is 0.231. The summed E-state index contributed by atoms with van der Waals surface area (Å²) < 4.78 is 26.9. The number of aryl methyl sites for hydroxylation is 2. The second-order valence-electron chi connectivity index (χ2n) is 4.71. The van der Waals surface area contributed by atoms with E-state index in [1.165, 1.54) is 12.1 Å². The van der Waals surface area contributed by atoms with Crippen molar-refractivity contribution in [1.82, 2.24) is 9.71 Å². The highest BCUT2D eigenvalue weighted by Crippen LogP contribution is 2.27. The number of benzene rings is 1. The van der Waals surface area contributed by atoms with Crippen LogP contribution in [0.5, 0.6) is 0 Å². The van der Waals surface area contributed by atoms with E-state index in [0.29, 0.717) is 11.1 Å². The van der Waals surface area contributed by atoms with Gasteiger partial charge in [0, 0.05) is 25.0 Å². The van der Waals surface area contributed by atoms with Crippen molar-refractivity contribution in [2.75, 3.05) is 0 Å². The highest BCUT2D eigenvalue weighted by Gasteiger charge is 2.26. The summed E-state index contributed by atoms with van der Waals surface area (Å²) in [7, 11) is -3.96. The van der Waals surface area contributed by atoms with Crippen LogP contribution in [0.4, 0.5) is 5.69 Å². The summed E-state index contributed by atoms with van der Waals surface area (Å²) in [5.41, 5.74) is 1.68. The van der Waals surface area contributed by atoms with Gasteiger partial charge in [0.25, 0.3) is 5.69 Å². The van der Waals surface area contributed by atoms with Crippen LogP contribution in [0.25, 0.3) is 0 Å². The Bertz CT molecular complexity index is 767. The van der Waals surface area contributed by atoms with Crippen molar-refractivity contribution in [3.05, 3.63) is 57.4 Å². The van der Waals surface area contributed by atoms with Gasteiger partial charge >= 0.3 is 0 Å². The van der Waals surface area contributed by atoms with Crippen molar-refractivity contribution in [2.45, 2.75) is 25.3 Å². The second-order valence-corrected chi connectivity index (χ2v) is 6.44. The Hall–Kier alpha value is -2.19. The first-order chi connectivity index (χ1) is 9.81. The standard InChI is InChI=1S/C13H15N3O4S/c1-9-5-12(16(17)18)13(6-10(9)2)21(19,20)15-8-11-3-4-14-7-11/h3-7,14-15H,8H2,1-2H3. The van der Waals surface area contributed by atoms with Crippen LogP contribution in [-0.4, -0.2) is 18.3 Å². The molecule has 21 heavy (non-hydrogen) atoms. The first-order valence-corrected chi connectivity index (χ1v) is 7.66. The molecule has 0 aliphatic rings. The van der Waals surface area contributed by atoms with Crippen molar-refractivity contribution in [3.8, 4) is 0 Å². The fourth-order valence-electron chi connectivity index (χ4n) is 1.86. The van der Waals surface area contributed by atoms with Gasteiger partial charge in [-0.2, -0.15) is 0 Å². The molecular weight excluding hydrogens is 294 g/mol. The number of nitrogens with zero attached hydrogens (tertiary/aromatic N) is 1. The van der Waals surface area contributed by atoms with Gasteiger partial charge in [-0.1, -0.05) is 0 Å². The first kappa shape index (κ1) is 15.2. The van der Waals surface area contributed by atoms with Gasteiger partial charge in [-0.15, -0.1) is 0 Å². The Morgan fingerprint density at radius 1 is 1.29 bits per heavy atom. The van der Waals surface area contributed by atoms with Crippen molar-refractivity contribution < 1.29 is 13.3 Å². The van der Waals surface area contributed by atoms with Crippen LogP contribution in [0, 0.1) is 24.0 Å². The van der Waals surface area contributed by atoms with Gasteiger partial charge in [0.2, 0.25) is 10.0 Å². The first-order valence-electron chi connectivity index (χ1n) is 6.18. The van der Waals surface area contributed by atoms with E-state index >= 15 is 0 Å². The number of hydrogen-bond acceptors (Lipinski definition) is 4. The summed E-state index contributed by atoms with van der Waals surface area (Å²) in [5, 5.41) is 11.1. The Labute approximate surface area is 122 Å². The van der Waals surface area contributed by atoms with E-state index in [1.807, 2.05) is 0 Å². The molecule has 0 radical (unpaired) electrons. The van der Waals surface area contributed by atoms with Crippen LogP contribution in [0.15, 0.2) is 35.5 Å². The molecule has 0 fully saturated rings. The zero-order chi connectivity index (χ0) is 15.6. The third kappa shape index (κ3) is 3.29. The lowest BCUT2D eigenvalue weighted by atomic mass is 10.1. The number of aromatic amines is 1. The third-order valence-corrected chi connectivity index (χ3v) is 4.62. The van der Waals surface area contributed by atoms with E-state index in [1.54, 1.807) is 32.3 Å². The summed E-state index contributed by atoms with van der Waals surface area (Å²) in [4.78, 5) is 12.9. The molecule has 2 N–H and O–H groups in total. The minimum Gasteiger partial charge on any atom is -0.367 e. The maximum absolute atomic E-state index is 12.3. The number of sulfonamides is 1. The summed E-state index contributed by atoms with van der Waals surface area (Å²) in [5.74, 6) is 0. The van der Waals surface area contributed by atoms with Crippen molar-refractivity contribution >= 4 is 15.7 Å². The summed E-state index contributed by atoms with van der Waals surface area (Å²) in [6.45, 7) is 3.48. The van der Waals surface area contributed by atoms with Gasteiger partial charge in [0.05, 0.1) is 4.92 Å². The highest BCUT2D eigenvalue weighted by atomic mass is 32.2. The van der Waals surface area contributed by atoms with Gasteiger partial charge in [0.1, 0.15) is 0 Å². The predicted molar refractivity (Wildman–Crippen MR) is 77.4 cm³/mol. The molecule has 0 bridgehead atoms. The van der Waals surface area contributed by atoms with E-state index in [4.69, 9.17) is 0 Å². The molecule has 0 saturated heterocycles. The molecular formula is C13H15N3O4S. The monoisotopic (exact) mass is 309 g/mol. The molecule has 1 heterocycles. The van der Waals surface area contributed by atoms with Crippen LogP contribution in [0.2, 0.25) is 0 Å². The van der Waals surface area contributed by atoms with E-state index in [0.717, 1.165) is 5.56 Å². The maximum Gasteiger partial charge on any atom is 0.289 e. The van der Waals surface area contributed by atoms with E-state index in [2.05, 4.69) is 9.71 Å². The molecule has 0 spiro atoms. The van der Waals surface area contributed by atoms with Crippen LogP contribution in [0.1, 0.15) is 16.7 Å². The molecule has 2 rings (SSSR count). The SMILES string of the molecule is Cc1cc([N+](=O)[O-])c(S(=O)(=O)NCc2cc[nH]c2)cc1C. The fourth-order valence-corrected chi connectivity index (χ4v) is 3.11. The molecule has 1 aromatic carbocycles. The molecule has 0 amide bonds. The molecule has 0 aliphatic heterocycles. The number of nitrogens with one attached hydrogen (secondary N) is 2. The lowest BCUT2D eigenvalue weighted by molar-refractivity contribution is -0.387. The Kier molecular flexibility index (Phi) is 4.10. The molecule has 7 nitrogen and oxygen atoms in total.